The van der Waals surface area contributed by atoms with E-state index in [0.717, 1.165) is 5.56 Å². The van der Waals surface area contributed by atoms with Gasteiger partial charge in [0.1, 0.15) is 24.3 Å². The number of hydrogen-bond donors (Lipinski definition) is 1. The van der Waals surface area contributed by atoms with Gasteiger partial charge in [0.2, 0.25) is 5.91 Å². The van der Waals surface area contributed by atoms with Gasteiger partial charge in [-0.25, -0.2) is 9.59 Å². The molecule has 0 heterocycles. The first kappa shape index (κ1) is 27.5. The molecule has 0 radical (unpaired) electrons. The molecule has 0 saturated heterocycles. The van der Waals surface area contributed by atoms with Crippen LogP contribution in [0.5, 0.6) is 0 Å². The number of rotatable bonds is 10. The minimum atomic E-state index is -0.798. The number of esters is 1. The first-order chi connectivity index (χ1) is 14.8. The van der Waals surface area contributed by atoms with Gasteiger partial charge in [-0.2, -0.15) is 0 Å². The quantitative estimate of drug-likeness (QED) is 0.531. The Kier molecular flexibility index (Phi) is 10.7. The highest BCUT2D eigenvalue weighted by atomic mass is 16.6. The standard InChI is InChI=1S/C25H40N2O5/c1-17(2)14-20(23(29)31-16-19-12-10-9-11-13-19)26-22(28)21(15-18(3)4)27(8)24(30)32-25(5,6)7/h9-13,17-18,20-21H,14-16H2,1-8H3,(H,26,28)/t20-,21-/m0/s1. The molecule has 0 saturated carbocycles. The lowest BCUT2D eigenvalue weighted by molar-refractivity contribution is -0.150. The molecule has 0 fully saturated rings. The van der Waals surface area contributed by atoms with Gasteiger partial charge >= 0.3 is 12.1 Å². The minimum Gasteiger partial charge on any atom is -0.459 e. The van der Waals surface area contributed by atoms with Gasteiger partial charge in [0.05, 0.1) is 0 Å². The number of nitrogens with zero attached hydrogens (tertiary/aromatic N) is 1. The van der Waals surface area contributed by atoms with E-state index in [9.17, 15) is 14.4 Å². The zero-order chi connectivity index (χ0) is 24.5. The second-order valence-electron chi connectivity index (χ2n) is 10.0. The van der Waals surface area contributed by atoms with Crippen LogP contribution in [-0.4, -0.2) is 47.6 Å². The molecule has 7 nitrogen and oxygen atoms in total. The highest BCUT2D eigenvalue weighted by Crippen LogP contribution is 2.17. The summed E-state index contributed by atoms with van der Waals surface area (Å²) >= 11 is 0. The van der Waals surface area contributed by atoms with Crippen LogP contribution in [0.3, 0.4) is 0 Å². The SMILES string of the molecule is CC(C)C[C@H](NC(=O)[C@H](CC(C)C)N(C)C(=O)OC(C)(C)C)C(=O)OCc1ccccc1. The monoisotopic (exact) mass is 448 g/mol. The largest absolute Gasteiger partial charge is 0.459 e. The second-order valence-corrected chi connectivity index (χ2v) is 10.0. The molecular formula is C25H40N2O5. The minimum absolute atomic E-state index is 0.136. The summed E-state index contributed by atoms with van der Waals surface area (Å²) in [5.41, 5.74) is 0.198. The summed E-state index contributed by atoms with van der Waals surface area (Å²) < 4.78 is 10.9. The van der Waals surface area contributed by atoms with Crippen molar-refractivity contribution in [1.82, 2.24) is 10.2 Å². The lowest BCUT2D eigenvalue weighted by atomic mass is 10.00. The predicted molar refractivity (Wildman–Crippen MR) is 125 cm³/mol. The van der Waals surface area contributed by atoms with Crippen molar-refractivity contribution < 1.29 is 23.9 Å². The summed E-state index contributed by atoms with van der Waals surface area (Å²) in [5.74, 6) is -0.561. The molecule has 32 heavy (non-hydrogen) atoms. The lowest BCUT2D eigenvalue weighted by Crippen LogP contribution is -2.53. The summed E-state index contributed by atoms with van der Waals surface area (Å²) in [6.07, 6.45) is 0.296. The van der Waals surface area contributed by atoms with Gasteiger partial charge in [0.25, 0.3) is 0 Å². The highest BCUT2D eigenvalue weighted by molar-refractivity contribution is 5.89. The molecule has 0 bridgehead atoms. The fraction of sp³-hybridized carbons (Fsp3) is 0.640. The Hall–Kier alpha value is -2.57. The Morgan fingerprint density at radius 3 is 2.03 bits per heavy atom. The maximum Gasteiger partial charge on any atom is 0.410 e. The van der Waals surface area contributed by atoms with Crippen LogP contribution >= 0.6 is 0 Å². The molecule has 2 atom stereocenters. The number of likely N-dealkylation sites (N-methyl/N-ethyl adjacent to an activating group) is 1. The van der Waals surface area contributed by atoms with Crippen molar-refractivity contribution in [1.29, 1.82) is 0 Å². The number of benzene rings is 1. The van der Waals surface area contributed by atoms with Crippen molar-refractivity contribution in [2.75, 3.05) is 7.05 Å². The zero-order valence-electron chi connectivity index (χ0n) is 20.8. The van der Waals surface area contributed by atoms with Crippen LogP contribution in [0.2, 0.25) is 0 Å². The number of nitrogens with one attached hydrogen (secondary N) is 1. The van der Waals surface area contributed by atoms with Crippen molar-refractivity contribution in [2.24, 2.45) is 11.8 Å². The normalized spacial score (nSPS) is 13.4. The van der Waals surface area contributed by atoms with Crippen molar-refractivity contribution in [3.8, 4) is 0 Å². The van der Waals surface area contributed by atoms with Crippen LogP contribution in [0.25, 0.3) is 0 Å². The van der Waals surface area contributed by atoms with Crippen LogP contribution in [0.15, 0.2) is 30.3 Å². The van der Waals surface area contributed by atoms with Crippen molar-refractivity contribution in [2.45, 2.75) is 85.6 Å². The molecule has 1 aromatic rings. The van der Waals surface area contributed by atoms with E-state index in [-0.39, 0.29) is 18.4 Å². The molecule has 0 aromatic heterocycles. The molecule has 0 aliphatic heterocycles. The lowest BCUT2D eigenvalue weighted by Gasteiger charge is -2.32. The van der Waals surface area contributed by atoms with Crippen molar-refractivity contribution in [3.05, 3.63) is 35.9 Å². The molecule has 0 spiro atoms. The van der Waals surface area contributed by atoms with Gasteiger partial charge < -0.3 is 14.8 Å². The van der Waals surface area contributed by atoms with E-state index < -0.39 is 35.7 Å². The summed E-state index contributed by atoms with van der Waals surface area (Å²) in [6.45, 7) is 13.4. The molecule has 180 valence electrons. The van der Waals surface area contributed by atoms with Crippen LogP contribution in [0.4, 0.5) is 4.79 Å². The number of ether oxygens (including phenoxy) is 2. The van der Waals surface area contributed by atoms with Gasteiger partial charge in [-0.05, 0) is 51.0 Å². The first-order valence-electron chi connectivity index (χ1n) is 11.3. The maximum atomic E-state index is 13.2. The van der Waals surface area contributed by atoms with Crippen LogP contribution in [-0.2, 0) is 25.7 Å². The molecule has 1 aromatic carbocycles. The number of hydrogen-bond acceptors (Lipinski definition) is 5. The summed E-state index contributed by atoms with van der Waals surface area (Å²) in [7, 11) is 1.55. The fourth-order valence-electron chi connectivity index (χ4n) is 3.13. The van der Waals surface area contributed by atoms with E-state index in [0.29, 0.717) is 12.8 Å². The molecule has 7 heteroatoms. The zero-order valence-corrected chi connectivity index (χ0v) is 20.8. The molecule has 1 N–H and O–H groups in total. The Morgan fingerprint density at radius 2 is 1.53 bits per heavy atom. The number of amides is 2. The van der Waals surface area contributed by atoms with E-state index in [2.05, 4.69) is 5.32 Å². The summed E-state index contributed by atoms with van der Waals surface area (Å²) in [6, 6.07) is 7.83. The number of carbonyl (C=O) groups is 3. The predicted octanol–water partition coefficient (Wildman–Crippen LogP) is 4.54. The van der Waals surface area contributed by atoms with Gasteiger partial charge in [-0.1, -0.05) is 58.0 Å². The van der Waals surface area contributed by atoms with Gasteiger partial charge in [-0.15, -0.1) is 0 Å². The van der Waals surface area contributed by atoms with Crippen molar-refractivity contribution >= 4 is 18.0 Å². The molecule has 2 amide bonds. The Bertz CT molecular complexity index is 740. The summed E-state index contributed by atoms with van der Waals surface area (Å²) in [4.78, 5) is 39.9. The van der Waals surface area contributed by atoms with Crippen LogP contribution < -0.4 is 5.32 Å². The smallest absolute Gasteiger partial charge is 0.410 e. The first-order valence-corrected chi connectivity index (χ1v) is 11.3. The Labute approximate surface area is 192 Å². The third-order valence-corrected chi connectivity index (χ3v) is 4.68. The van der Waals surface area contributed by atoms with E-state index in [1.807, 2.05) is 58.0 Å². The number of carbonyl (C=O) groups excluding carboxylic acids is 3. The van der Waals surface area contributed by atoms with E-state index in [1.165, 1.54) is 4.90 Å². The summed E-state index contributed by atoms with van der Waals surface area (Å²) in [5, 5.41) is 2.83. The molecule has 0 unspecified atom stereocenters. The van der Waals surface area contributed by atoms with E-state index in [1.54, 1.807) is 27.8 Å². The molecule has 1 rings (SSSR count). The topological polar surface area (TPSA) is 84.9 Å². The van der Waals surface area contributed by atoms with Gasteiger partial charge in [-0.3, -0.25) is 9.69 Å². The Morgan fingerprint density at radius 1 is 0.969 bits per heavy atom. The third-order valence-electron chi connectivity index (χ3n) is 4.68. The van der Waals surface area contributed by atoms with E-state index >= 15 is 0 Å². The third kappa shape index (κ3) is 10.2. The second kappa shape index (κ2) is 12.5. The van der Waals surface area contributed by atoms with Crippen LogP contribution in [0.1, 0.15) is 66.9 Å². The fourth-order valence-corrected chi connectivity index (χ4v) is 3.13. The van der Waals surface area contributed by atoms with Gasteiger partial charge in [0.15, 0.2) is 0 Å². The molecule has 0 aliphatic carbocycles. The van der Waals surface area contributed by atoms with Crippen LogP contribution in [0, 0.1) is 11.8 Å². The van der Waals surface area contributed by atoms with E-state index in [4.69, 9.17) is 9.47 Å². The molecule has 0 aliphatic rings. The average molecular weight is 449 g/mol. The van der Waals surface area contributed by atoms with Crippen molar-refractivity contribution in [3.63, 3.8) is 0 Å². The average Bonchev–Trinajstić information content (AvgIpc) is 2.68. The maximum absolute atomic E-state index is 13.2. The Balaban J connectivity index is 2.94. The van der Waals surface area contributed by atoms with Gasteiger partial charge in [0, 0.05) is 7.05 Å². The molecular weight excluding hydrogens is 408 g/mol. The highest BCUT2D eigenvalue weighted by Gasteiger charge is 2.33.